The van der Waals surface area contributed by atoms with Gasteiger partial charge in [0.2, 0.25) is 0 Å². The molecule has 2 heterocycles. The van der Waals surface area contributed by atoms with E-state index in [0.717, 1.165) is 29.3 Å². The largest absolute Gasteiger partial charge is 0.435 e. The number of carbonyl (C=O) groups is 1. The molecule has 144 valence electrons. The van der Waals surface area contributed by atoms with Crippen molar-refractivity contribution in [3.63, 3.8) is 0 Å². The van der Waals surface area contributed by atoms with Gasteiger partial charge in [0.15, 0.2) is 10.9 Å². The van der Waals surface area contributed by atoms with Gasteiger partial charge in [-0.25, -0.2) is 0 Å². The first-order chi connectivity index (χ1) is 13.7. The maximum absolute atomic E-state index is 13.4. The molecule has 5 nitrogen and oxygen atoms in total. The molecule has 3 aromatic rings. The van der Waals surface area contributed by atoms with Crippen LogP contribution in [0.5, 0.6) is 11.6 Å². The second kappa shape index (κ2) is 8.15. The number of ether oxygens (including phenoxy) is 1. The highest BCUT2D eigenvalue weighted by Gasteiger charge is 2.31. The predicted octanol–water partition coefficient (Wildman–Crippen LogP) is 6.01. The van der Waals surface area contributed by atoms with E-state index in [1.54, 1.807) is 0 Å². The van der Waals surface area contributed by atoms with Crippen molar-refractivity contribution in [1.82, 2.24) is 10.2 Å². The van der Waals surface area contributed by atoms with Gasteiger partial charge in [-0.1, -0.05) is 74.5 Å². The molecule has 2 aromatic carbocycles. The minimum atomic E-state index is -0.155. The summed E-state index contributed by atoms with van der Waals surface area (Å²) in [7, 11) is 0. The Morgan fingerprint density at radius 3 is 2.71 bits per heavy atom. The van der Waals surface area contributed by atoms with Gasteiger partial charge in [0.1, 0.15) is 5.56 Å². The Labute approximate surface area is 169 Å². The number of amides is 1. The lowest BCUT2D eigenvalue weighted by atomic mass is 10.1. The zero-order valence-electron chi connectivity index (χ0n) is 15.8. The number of rotatable bonds is 6. The van der Waals surface area contributed by atoms with E-state index in [1.807, 2.05) is 41.3 Å². The van der Waals surface area contributed by atoms with Crippen LogP contribution in [0.3, 0.4) is 0 Å². The Kier molecular flexibility index (Phi) is 5.44. The number of carbonyl (C=O) groups excluding carboxylic acids is 1. The van der Waals surface area contributed by atoms with Crippen molar-refractivity contribution in [1.29, 1.82) is 0 Å². The van der Waals surface area contributed by atoms with Gasteiger partial charge in [0.25, 0.3) is 11.8 Å². The van der Waals surface area contributed by atoms with E-state index in [4.69, 9.17) is 16.3 Å². The van der Waals surface area contributed by atoms with Crippen molar-refractivity contribution in [2.24, 2.45) is 0 Å². The topological polar surface area (TPSA) is 55.3 Å². The minimum absolute atomic E-state index is 0.155. The molecule has 0 radical (unpaired) electrons. The zero-order chi connectivity index (χ0) is 19.5. The summed E-state index contributed by atoms with van der Waals surface area (Å²) in [6, 6.07) is 13.4. The number of halogens is 1. The summed E-state index contributed by atoms with van der Waals surface area (Å²) in [6.07, 6.45) is 5.58. The number of hydrogen-bond donors (Lipinski definition) is 0. The van der Waals surface area contributed by atoms with Crippen molar-refractivity contribution < 1.29 is 9.53 Å². The Bertz CT molecular complexity index is 1020. The molecule has 1 amide bonds. The van der Waals surface area contributed by atoms with Crippen LogP contribution < -0.4 is 9.64 Å². The first-order valence-corrected chi connectivity index (χ1v) is 10.1. The fourth-order valence-electron chi connectivity index (χ4n) is 3.62. The van der Waals surface area contributed by atoms with Gasteiger partial charge >= 0.3 is 0 Å². The lowest BCUT2D eigenvalue weighted by Gasteiger charge is -2.23. The molecule has 0 saturated carbocycles. The molecule has 0 N–H and O–H groups in total. The normalized spacial score (nSPS) is 13.1. The molecule has 0 saturated heterocycles. The number of benzene rings is 2. The average molecular weight is 396 g/mol. The van der Waals surface area contributed by atoms with E-state index < -0.39 is 0 Å². The monoisotopic (exact) mass is 395 g/mol. The number of aromatic nitrogens is 2. The van der Waals surface area contributed by atoms with Gasteiger partial charge in [-0.2, -0.15) is 0 Å². The van der Waals surface area contributed by atoms with E-state index in [0.29, 0.717) is 17.9 Å². The average Bonchev–Trinajstić information content (AvgIpc) is 2.83. The van der Waals surface area contributed by atoms with Gasteiger partial charge in [0.05, 0.1) is 5.69 Å². The molecule has 28 heavy (non-hydrogen) atoms. The summed E-state index contributed by atoms with van der Waals surface area (Å²) in [4.78, 5) is 15.2. The van der Waals surface area contributed by atoms with Crippen LogP contribution in [0.25, 0.3) is 10.8 Å². The van der Waals surface area contributed by atoms with Crippen molar-refractivity contribution in [3.8, 4) is 11.6 Å². The molecule has 0 aliphatic carbocycles. The number of fused-ring (bicyclic) bond motifs is 4. The molecule has 0 atom stereocenters. The highest BCUT2D eigenvalue weighted by Crippen LogP contribution is 2.42. The standard InChI is InChI=1S/C22H22ClN3O2/c1-2-3-4-5-8-13-26-20-16-10-7-6-9-15(16)11-12-18(20)28-21-17(22(26)27)14-19(23)24-25-21/h6-7,9-12,14H,2-5,8,13H2,1H3. The fourth-order valence-corrected chi connectivity index (χ4v) is 3.77. The molecule has 0 unspecified atom stereocenters. The Balaban J connectivity index is 1.79. The minimum Gasteiger partial charge on any atom is -0.435 e. The lowest BCUT2D eigenvalue weighted by molar-refractivity contribution is 0.0986. The second-order valence-electron chi connectivity index (χ2n) is 6.99. The van der Waals surface area contributed by atoms with Gasteiger partial charge in [-0.15, -0.1) is 10.2 Å². The molecule has 0 spiro atoms. The highest BCUT2D eigenvalue weighted by molar-refractivity contribution is 6.30. The third-order valence-corrected chi connectivity index (χ3v) is 5.22. The van der Waals surface area contributed by atoms with Crippen molar-refractivity contribution >= 4 is 34.0 Å². The Morgan fingerprint density at radius 1 is 1.04 bits per heavy atom. The molecule has 4 rings (SSSR count). The van der Waals surface area contributed by atoms with E-state index in [2.05, 4.69) is 17.1 Å². The van der Waals surface area contributed by atoms with E-state index in [1.165, 1.54) is 25.3 Å². The summed E-state index contributed by atoms with van der Waals surface area (Å²) >= 11 is 6.01. The summed E-state index contributed by atoms with van der Waals surface area (Å²) in [5, 5.41) is 10.1. The lowest BCUT2D eigenvalue weighted by Crippen LogP contribution is -2.31. The van der Waals surface area contributed by atoms with Crippen LogP contribution in [0.1, 0.15) is 49.4 Å². The molecular formula is C22H22ClN3O2. The molecule has 1 aromatic heterocycles. The van der Waals surface area contributed by atoms with Gasteiger partial charge < -0.3 is 9.64 Å². The van der Waals surface area contributed by atoms with Crippen LogP contribution in [0, 0.1) is 0 Å². The quantitative estimate of drug-likeness (QED) is 0.480. The van der Waals surface area contributed by atoms with Gasteiger partial charge in [-0.3, -0.25) is 4.79 Å². The number of nitrogens with zero attached hydrogens (tertiary/aromatic N) is 3. The molecule has 1 aliphatic rings. The van der Waals surface area contributed by atoms with Crippen LogP contribution in [0.4, 0.5) is 5.69 Å². The smallest absolute Gasteiger partial charge is 0.264 e. The predicted molar refractivity (Wildman–Crippen MR) is 111 cm³/mol. The van der Waals surface area contributed by atoms with Gasteiger partial charge in [0, 0.05) is 11.9 Å². The van der Waals surface area contributed by atoms with E-state index in [-0.39, 0.29) is 16.9 Å². The Morgan fingerprint density at radius 2 is 1.86 bits per heavy atom. The van der Waals surface area contributed by atoms with Crippen LogP contribution in [0.15, 0.2) is 42.5 Å². The van der Waals surface area contributed by atoms with E-state index >= 15 is 0 Å². The SMILES string of the molecule is CCCCCCCN1C(=O)c2cc(Cl)nnc2Oc2ccc3ccccc3c21. The van der Waals surface area contributed by atoms with Crippen molar-refractivity contribution in [3.05, 3.63) is 53.2 Å². The zero-order valence-corrected chi connectivity index (χ0v) is 16.6. The van der Waals surface area contributed by atoms with Crippen LogP contribution in [0.2, 0.25) is 5.15 Å². The van der Waals surface area contributed by atoms with Crippen molar-refractivity contribution in [2.75, 3.05) is 11.4 Å². The number of anilines is 1. The van der Waals surface area contributed by atoms with Crippen LogP contribution in [-0.4, -0.2) is 22.6 Å². The van der Waals surface area contributed by atoms with Gasteiger partial charge in [-0.05, 0) is 23.9 Å². The summed E-state index contributed by atoms with van der Waals surface area (Å²) in [5.74, 6) is 0.646. The van der Waals surface area contributed by atoms with Crippen molar-refractivity contribution in [2.45, 2.75) is 39.0 Å². The molecular weight excluding hydrogens is 374 g/mol. The number of hydrogen-bond acceptors (Lipinski definition) is 4. The molecule has 0 bridgehead atoms. The van der Waals surface area contributed by atoms with Crippen LogP contribution in [-0.2, 0) is 0 Å². The maximum atomic E-state index is 13.4. The Hall–Kier alpha value is -2.66. The molecule has 6 heteroatoms. The third kappa shape index (κ3) is 3.54. The first kappa shape index (κ1) is 18.7. The second-order valence-corrected chi connectivity index (χ2v) is 7.38. The molecule has 1 aliphatic heterocycles. The third-order valence-electron chi connectivity index (χ3n) is 5.03. The fraction of sp³-hybridized carbons (Fsp3) is 0.318. The van der Waals surface area contributed by atoms with Crippen LogP contribution >= 0.6 is 11.6 Å². The summed E-state index contributed by atoms with van der Waals surface area (Å²) in [6.45, 7) is 2.81. The summed E-state index contributed by atoms with van der Waals surface area (Å²) < 4.78 is 6.02. The molecule has 0 fully saturated rings. The number of unbranched alkanes of at least 4 members (excludes halogenated alkanes) is 4. The summed E-state index contributed by atoms with van der Waals surface area (Å²) in [5.41, 5.74) is 1.13. The maximum Gasteiger partial charge on any atom is 0.264 e. The first-order valence-electron chi connectivity index (χ1n) is 9.73. The highest BCUT2D eigenvalue weighted by atomic mass is 35.5. The van der Waals surface area contributed by atoms with E-state index in [9.17, 15) is 4.79 Å².